The van der Waals surface area contributed by atoms with Gasteiger partial charge in [-0.1, -0.05) is 153 Å². The third-order valence-electron chi connectivity index (χ3n) is 10.6. The van der Waals surface area contributed by atoms with Crippen LogP contribution in [0.5, 0.6) is 23.0 Å². The van der Waals surface area contributed by atoms with Gasteiger partial charge in [-0.05, 0) is 74.8 Å². The van der Waals surface area contributed by atoms with Crippen molar-refractivity contribution < 1.29 is 9.47 Å². The normalized spacial score (nSPS) is 13.2. The molecule has 8 aromatic rings. The first-order chi connectivity index (χ1) is 26.0. The number of rotatable bonds is 5. The van der Waals surface area contributed by atoms with Crippen molar-refractivity contribution in [1.29, 1.82) is 0 Å². The third kappa shape index (κ3) is 5.22. The Bertz CT molecular complexity index is 2700. The molecule has 2 aliphatic rings. The molecule has 0 unspecified atom stereocenters. The Kier molecular flexibility index (Phi) is 7.12. The molecule has 0 atom stereocenters. The van der Waals surface area contributed by atoms with E-state index in [0.717, 1.165) is 61.8 Å². The van der Waals surface area contributed by atoms with Crippen molar-refractivity contribution in [2.75, 3.05) is 0 Å². The van der Waals surface area contributed by atoms with Gasteiger partial charge in [-0.2, -0.15) is 0 Å². The maximum Gasteiger partial charge on any atom is 0.170 e. The summed E-state index contributed by atoms with van der Waals surface area (Å²) in [5, 5.41) is 0. The first-order valence-corrected chi connectivity index (χ1v) is 18.0. The van der Waals surface area contributed by atoms with Crippen molar-refractivity contribution in [3.63, 3.8) is 0 Å². The van der Waals surface area contributed by atoms with Gasteiger partial charge in [0, 0.05) is 22.1 Å². The SMILES string of the molecule is CC1(C)c2ccccc2-c2cc3c(cc21)Oc1ccc(-c2ccccc2-c2cc(-c4ccccc4-c4ccccc4)nc(-c4ccccc4)n2)cc1O3. The first kappa shape index (κ1) is 31.0. The largest absolute Gasteiger partial charge is 0.450 e. The van der Waals surface area contributed by atoms with Crippen LogP contribution >= 0.6 is 0 Å². The number of aromatic nitrogens is 2. The molecule has 7 aromatic carbocycles. The van der Waals surface area contributed by atoms with E-state index in [0.29, 0.717) is 17.3 Å². The van der Waals surface area contributed by atoms with Gasteiger partial charge in [0.2, 0.25) is 0 Å². The lowest BCUT2D eigenvalue weighted by molar-refractivity contribution is 0.359. The number of benzene rings is 7. The van der Waals surface area contributed by atoms with Crippen LogP contribution in [0.3, 0.4) is 0 Å². The van der Waals surface area contributed by atoms with E-state index in [2.05, 4.69) is 153 Å². The second-order valence-corrected chi connectivity index (χ2v) is 14.2. The van der Waals surface area contributed by atoms with E-state index in [9.17, 15) is 0 Å². The summed E-state index contributed by atoms with van der Waals surface area (Å²) in [6, 6.07) is 58.7. The Hall–Kier alpha value is -6.78. The summed E-state index contributed by atoms with van der Waals surface area (Å²) in [5.41, 5.74) is 13.9. The highest BCUT2D eigenvalue weighted by atomic mass is 16.6. The smallest absolute Gasteiger partial charge is 0.170 e. The molecular weight excluding hydrogens is 649 g/mol. The molecule has 1 aliphatic carbocycles. The van der Waals surface area contributed by atoms with E-state index in [1.807, 2.05) is 30.3 Å². The van der Waals surface area contributed by atoms with Gasteiger partial charge in [0.15, 0.2) is 28.8 Å². The molecule has 4 heteroatoms. The maximum absolute atomic E-state index is 6.65. The topological polar surface area (TPSA) is 44.2 Å². The molecule has 0 saturated heterocycles. The van der Waals surface area contributed by atoms with Gasteiger partial charge in [-0.25, -0.2) is 9.97 Å². The average Bonchev–Trinajstić information content (AvgIpc) is 3.44. The fourth-order valence-electron chi connectivity index (χ4n) is 7.92. The lowest BCUT2D eigenvalue weighted by atomic mass is 9.82. The Morgan fingerprint density at radius 2 is 0.868 bits per heavy atom. The number of hydrogen-bond donors (Lipinski definition) is 0. The Morgan fingerprint density at radius 3 is 1.55 bits per heavy atom. The van der Waals surface area contributed by atoms with Gasteiger partial charge >= 0.3 is 0 Å². The lowest BCUT2D eigenvalue weighted by Gasteiger charge is -2.25. The van der Waals surface area contributed by atoms with Gasteiger partial charge in [-0.15, -0.1) is 0 Å². The molecular formula is C49H34N2O2. The standard InChI is InChI=1S/C49H34N2O2/c1-49(2)40-24-14-13-21-36(40)39-28-46-47(29-41(39)49)52-44-26-25-33(27-45(44)53-46)35-20-10-12-23-38(35)43-30-42(50-48(51-43)32-17-7-4-8-18-32)37-22-11-9-19-34(37)31-15-5-3-6-16-31/h3-30H,1-2H3. The molecule has 0 fully saturated rings. The zero-order valence-corrected chi connectivity index (χ0v) is 29.4. The van der Waals surface area contributed by atoms with E-state index in [-0.39, 0.29) is 5.41 Å². The number of ether oxygens (including phenoxy) is 2. The highest BCUT2D eigenvalue weighted by molar-refractivity contribution is 5.88. The minimum Gasteiger partial charge on any atom is -0.450 e. The van der Waals surface area contributed by atoms with Crippen LogP contribution in [-0.2, 0) is 5.41 Å². The molecule has 0 radical (unpaired) electrons. The van der Waals surface area contributed by atoms with Gasteiger partial charge in [0.05, 0.1) is 11.4 Å². The van der Waals surface area contributed by atoms with E-state index >= 15 is 0 Å². The summed E-state index contributed by atoms with van der Waals surface area (Å²) in [6.07, 6.45) is 0. The van der Waals surface area contributed by atoms with Crippen molar-refractivity contribution in [2.24, 2.45) is 0 Å². The molecule has 0 spiro atoms. The van der Waals surface area contributed by atoms with Gasteiger partial charge in [0.1, 0.15) is 0 Å². The molecule has 2 heterocycles. The maximum atomic E-state index is 6.65. The summed E-state index contributed by atoms with van der Waals surface area (Å²) in [4.78, 5) is 10.4. The second-order valence-electron chi connectivity index (χ2n) is 14.2. The van der Waals surface area contributed by atoms with E-state index < -0.39 is 0 Å². The van der Waals surface area contributed by atoms with Crippen molar-refractivity contribution in [3.8, 4) is 90.3 Å². The summed E-state index contributed by atoms with van der Waals surface area (Å²) in [5.74, 6) is 3.51. The first-order valence-electron chi connectivity index (χ1n) is 18.0. The zero-order chi connectivity index (χ0) is 35.5. The van der Waals surface area contributed by atoms with Crippen LogP contribution in [0.2, 0.25) is 0 Å². The summed E-state index contributed by atoms with van der Waals surface area (Å²) < 4.78 is 13.2. The van der Waals surface area contributed by atoms with Crippen LogP contribution in [0.1, 0.15) is 25.0 Å². The van der Waals surface area contributed by atoms with Gasteiger partial charge < -0.3 is 9.47 Å². The summed E-state index contributed by atoms with van der Waals surface area (Å²) in [7, 11) is 0. The highest BCUT2D eigenvalue weighted by Gasteiger charge is 2.37. The summed E-state index contributed by atoms with van der Waals surface area (Å²) >= 11 is 0. The molecule has 1 aromatic heterocycles. The molecule has 0 N–H and O–H groups in total. The second kappa shape index (κ2) is 12.2. The Balaban J connectivity index is 1.08. The van der Waals surface area contributed by atoms with Crippen LogP contribution in [0, 0.1) is 0 Å². The molecule has 252 valence electrons. The molecule has 53 heavy (non-hydrogen) atoms. The molecule has 4 nitrogen and oxygen atoms in total. The van der Waals surface area contributed by atoms with Gasteiger partial charge in [0.25, 0.3) is 0 Å². The van der Waals surface area contributed by atoms with Crippen LogP contribution in [0.25, 0.3) is 67.3 Å². The lowest BCUT2D eigenvalue weighted by Crippen LogP contribution is -2.15. The minimum absolute atomic E-state index is 0.122. The highest BCUT2D eigenvalue weighted by Crippen LogP contribution is 2.55. The van der Waals surface area contributed by atoms with E-state index in [4.69, 9.17) is 19.4 Å². The Morgan fingerprint density at radius 1 is 0.358 bits per heavy atom. The van der Waals surface area contributed by atoms with Gasteiger partial charge in [-0.3, -0.25) is 0 Å². The molecule has 10 rings (SSSR count). The van der Waals surface area contributed by atoms with Crippen molar-refractivity contribution in [1.82, 2.24) is 9.97 Å². The van der Waals surface area contributed by atoms with Crippen LogP contribution in [0.4, 0.5) is 0 Å². The number of nitrogens with zero attached hydrogens (tertiary/aromatic N) is 2. The number of fused-ring (bicyclic) bond motifs is 5. The van der Waals surface area contributed by atoms with E-state index in [1.165, 1.54) is 22.3 Å². The van der Waals surface area contributed by atoms with Crippen molar-refractivity contribution in [2.45, 2.75) is 19.3 Å². The quantitative estimate of drug-likeness (QED) is 0.181. The fourth-order valence-corrected chi connectivity index (χ4v) is 7.92. The molecule has 0 saturated carbocycles. The Labute approximate surface area is 309 Å². The van der Waals surface area contributed by atoms with E-state index in [1.54, 1.807) is 0 Å². The van der Waals surface area contributed by atoms with Crippen molar-refractivity contribution in [3.05, 3.63) is 181 Å². The zero-order valence-electron chi connectivity index (χ0n) is 29.4. The predicted molar refractivity (Wildman–Crippen MR) is 213 cm³/mol. The fraction of sp³-hybridized carbons (Fsp3) is 0.0612. The average molecular weight is 683 g/mol. The van der Waals surface area contributed by atoms with Crippen molar-refractivity contribution >= 4 is 0 Å². The summed E-state index contributed by atoms with van der Waals surface area (Å²) in [6.45, 7) is 4.55. The van der Waals surface area contributed by atoms with Crippen LogP contribution in [0.15, 0.2) is 170 Å². The molecule has 0 amide bonds. The van der Waals surface area contributed by atoms with Crippen LogP contribution < -0.4 is 9.47 Å². The predicted octanol–water partition coefficient (Wildman–Crippen LogP) is 13.0. The molecule has 1 aliphatic heterocycles. The number of hydrogen-bond acceptors (Lipinski definition) is 4. The minimum atomic E-state index is -0.122. The third-order valence-corrected chi connectivity index (χ3v) is 10.6. The molecule has 0 bridgehead atoms. The monoisotopic (exact) mass is 682 g/mol. The van der Waals surface area contributed by atoms with Crippen LogP contribution in [-0.4, -0.2) is 9.97 Å².